The van der Waals surface area contributed by atoms with Crippen LogP contribution in [0.3, 0.4) is 0 Å². The summed E-state index contributed by atoms with van der Waals surface area (Å²) in [5, 5.41) is 0. The number of hydrogen-bond acceptors (Lipinski definition) is 4. The number of rotatable bonds is 6. The highest BCUT2D eigenvalue weighted by Gasteiger charge is 2.23. The van der Waals surface area contributed by atoms with E-state index in [4.69, 9.17) is 0 Å². The Hall–Kier alpha value is -1.44. The Morgan fingerprint density at radius 2 is 1.88 bits per heavy atom. The van der Waals surface area contributed by atoms with Crippen LogP contribution in [0.1, 0.15) is 44.6 Å². The van der Waals surface area contributed by atoms with E-state index < -0.39 is 10.0 Å². The monoisotopic (exact) mass is 379 g/mol. The van der Waals surface area contributed by atoms with Crippen molar-refractivity contribution >= 4 is 21.6 Å². The van der Waals surface area contributed by atoms with Gasteiger partial charge in [0, 0.05) is 25.7 Å². The van der Waals surface area contributed by atoms with Crippen LogP contribution >= 0.6 is 0 Å². The van der Waals surface area contributed by atoms with Crippen LogP contribution in [0.2, 0.25) is 0 Å². The first-order valence-electron chi connectivity index (χ1n) is 9.60. The molecular weight excluding hydrogens is 350 g/mol. The van der Waals surface area contributed by atoms with Crippen molar-refractivity contribution in [3.63, 3.8) is 0 Å². The highest BCUT2D eigenvalue weighted by molar-refractivity contribution is 7.89. The normalized spacial score (nSPS) is 18.6. The number of fused-ring (bicyclic) bond motifs is 1. The zero-order valence-corrected chi connectivity index (χ0v) is 16.4. The van der Waals surface area contributed by atoms with Gasteiger partial charge in [0.25, 0.3) is 0 Å². The summed E-state index contributed by atoms with van der Waals surface area (Å²) < 4.78 is 27.9. The minimum atomic E-state index is -3.51. The van der Waals surface area contributed by atoms with Crippen LogP contribution in [-0.4, -0.2) is 51.9 Å². The zero-order valence-electron chi connectivity index (χ0n) is 15.5. The van der Waals surface area contributed by atoms with Crippen LogP contribution in [0.15, 0.2) is 23.1 Å². The van der Waals surface area contributed by atoms with Crippen LogP contribution < -0.4 is 9.62 Å². The number of carbonyl (C=O) groups is 1. The van der Waals surface area contributed by atoms with E-state index in [1.165, 1.54) is 19.3 Å². The first kappa shape index (κ1) is 19.3. The smallest absolute Gasteiger partial charge is 0.240 e. The van der Waals surface area contributed by atoms with Gasteiger partial charge in [-0.3, -0.25) is 4.79 Å². The molecule has 0 saturated carbocycles. The van der Waals surface area contributed by atoms with Crippen LogP contribution in [0.5, 0.6) is 0 Å². The number of hydrogen-bond donors (Lipinski definition) is 1. The van der Waals surface area contributed by atoms with E-state index in [0.29, 0.717) is 18.0 Å². The van der Waals surface area contributed by atoms with Gasteiger partial charge in [-0.25, -0.2) is 13.1 Å². The van der Waals surface area contributed by atoms with Gasteiger partial charge < -0.3 is 9.80 Å². The molecule has 0 aliphatic carbocycles. The van der Waals surface area contributed by atoms with E-state index in [1.54, 1.807) is 30.0 Å². The highest BCUT2D eigenvalue weighted by atomic mass is 32.2. The van der Waals surface area contributed by atoms with Crippen molar-refractivity contribution in [1.82, 2.24) is 9.62 Å². The lowest BCUT2D eigenvalue weighted by molar-refractivity contribution is -0.116. The Bertz CT molecular complexity index is 742. The molecule has 1 fully saturated rings. The number of aryl methyl sites for hydroxylation is 1. The molecule has 2 aliphatic heterocycles. The Kier molecular flexibility index (Phi) is 6.32. The van der Waals surface area contributed by atoms with Gasteiger partial charge in [0.1, 0.15) is 0 Å². The third-order valence-corrected chi connectivity index (χ3v) is 6.71. The molecule has 0 unspecified atom stereocenters. The highest BCUT2D eigenvalue weighted by Crippen LogP contribution is 2.29. The van der Waals surface area contributed by atoms with E-state index in [1.807, 2.05) is 0 Å². The number of amides is 1. The summed E-state index contributed by atoms with van der Waals surface area (Å²) in [5.74, 6) is -0.00241. The third-order valence-electron chi connectivity index (χ3n) is 5.25. The Morgan fingerprint density at radius 1 is 1.12 bits per heavy atom. The van der Waals surface area contributed by atoms with Gasteiger partial charge in [-0.05, 0) is 75.5 Å². The van der Waals surface area contributed by atoms with Gasteiger partial charge in [0.15, 0.2) is 0 Å². The van der Waals surface area contributed by atoms with Crippen LogP contribution in [0.4, 0.5) is 5.69 Å². The second kappa shape index (κ2) is 8.50. The molecule has 2 heterocycles. The van der Waals surface area contributed by atoms with Crippen molar-refractivity contribution < 1.29 is 13.2 Å². The predicted molar refractivity (Wildman–Crippen MR) is 103 cm³/mol. The number of anilines is 1. The molecule has 144 valence electrons. The molecule has 0 spiro atoms. The maximum Gasteiger partial charge on any atom is 0.240 e. The fourth-order valence-electron chi connectivity index (χ4n) is 3.84. The van der Waals surface area contributed by atoms with Crippen LogP contribution in [-0.2, 0) is 21.2 Å². The molecule has 2 aliphatic rings. The number of nitrogens with zero attached hydrogens (tertiary/aromatic N) is 2. The van der Waals surface area contributed by atoms with Crippen LogP contribution in [0, 0.1) is 0 Å². The number of benzene rings is 1. The van der Waals surface area contributed by atoms with Gasteiger partial charge in [-0.2, -0.15) is 0 Å². The molecule has 0 bridgehead atoms. The molecule has 1 aromatic rings. The SMILES string of the molecule is CC(=O)N1CCCc2cc(S(=O)(=O)NCCCN3CCCCC3)ccc21. The number of sulfonamides is 1. The maximum atomic E-state index is 12.6. The molecule has 3 rings (SSSR count). The van der Waals surface area contributed by atoms with Gasteiger partial charge in [0.05, 0.1) is 4.90 Å². The summed E-state index contributed by atoms with van der Waals surface area (Å²) in [7, 11) is -3.51. The molecular formula is C19H29N3O3S. The minimum Gasteiger partial charge on any atom is -0.312 e. The molecule has 7 heteroatoms. The first-order valence-corrected chi connectivity index (χ1v) is 11.1. The van der Waals surface area contributed by atoms with Crippen molar-refractivity contribution in [3.05, 3.63) is 23.8 Å². The summed E-state index contributed by atoms with van der Waals surface area (Å²) in [5.41, 5.74) is 1.77. The van der Waals surface area contributed by atoms with E-state index in [2.05, 4.69) is 9.62 Å². The van der Waals surface area contributed by atoms with E-state index in [-0.39, 0.29) is 5.91 Å². The molecule has 1 saturated heterocycles. The molecule has 1 N–H and O–H groups in total. The second-order valence-electron chi connectivity index (χ2n) is 7.22. The van der Waals surface area contributed by atoms with E-state index >= 15 is 0 Å². The van der Waals surface area contributed by atoms with Gasteiger partial charge in [-0.1, -0.05) is 6.42 Å². The quantitative estimate of drug-likeness (QED) is 0.769. The van der Waals surface area contributed by atoms with Crippen LogP contribution in [0.25, 0.3) is 0 Å². The molecule has 0 aromatic heterocycles. The van der Waals surface area contributed by atoms with Crippen molar-refractivity contribution in [2.24, 2.45) is 0 Å². The predicted octanol–water partition coefficient (Wildman–Crippen LogP) is 2.14. The topological polar surface area (TPSA) is 69.7 Å². The summed E-state index contributed by atoms with van der Waals surface area (Å²) in [6.45, 7) is 5.90. The molecule has 6 nitrogen and oxygen atoms in total. The molecule has 0 radical (unpaired) electrons. The van der Waals surface area contributed by atoms with Gasteiger partial charge >= 0.3 is 0 Å². The summed E-state index contributed by atoms with van der Waals surface area (Å²) in [6.07, 6.45) is 6.29. The lowest BCUT2D eigenvalue weighted by atomic mass is 10.0. The lowest BCUT2D eigenvalue weighted by Gasteiger charge is -2.29. The fourth-order valence-corrected chi connectivity index (χ4v) is 4.97. The van der Waals surface area contributed by atoms with Crippen molar-refractivity contribution in [2.45, 2.75) is 50.3 Å². The molecule has 1 amide bonds. The standard InChI is InChI=1S/C19H29N3O3S/c1-16(23)22-14-5-7-17-15-18(8-9-19(17)22)26(24,25)20-10-6-13-21-11-3-2-4-12-21/h8-9,15,20H,2-7,10-14H2,1H3. The van der Waals surface area contributed by atoms with Crippen molar-refractivity contribution in [1.29, 1.82) is 0 Å². The largest absolute Gasteiger partial charge is 0.312 e. The number of carbonyl (C=O) groups excluding carboxylic acids is 1. The van der Waals surface area contributed by atoms with E-state index in [9.17, 15) is 13.2 Å². The first-order chi connectivity index (χ1) is 12.5. The minimum absolute atomic E-state index is 0.00241. The van der Waals surface area contributed by atoms with Crippen molar-refractivity contribution in [2.75, 3.05) is 37.6 Å². The third kappa shape index (κ3) is 4.64. The Morgan fingerprint density at radius 3 is 2.62 bits per heavy atom. The van der Waals surface area contributed by atoms with E-state index in [0.717, 1.165) is 50.1 Å². The zero-order chi connectivity index (χ0) is 18.6. The summed E-state index contributed by atoms with van der Waals surface area (Å²) >= 11 is 0. The summed E-state index contributed by atoms with van der Waals surface area (Å²) in [6, 6.07) is 5.09. The number of piperidine rings is 1. The molecule has 1 aromatic carbocycles. The maximum absolute atomic E-state index is 12.6. The number of likely N-dealkylation sites (tertiary alicyclic amines) is 1. The second-order valence-corrected chi connectivity index (χ2v) is 8.99. The molecule has 26 heavy (non-hydrogen) atoms. The summed E-state index contributed by atoms with van der Waals surface area (Å²) in [4.78, 5) is 16.2. The van der Waals surface area contributed by atoms with Gasteiger partial charge in [-0.15, -0.1) is 0 Å². The lowest BCUT2D eigenvalue weighted by Crippen LogP contribution is -2.34. The van der Waals surface area contributed by atoms with Gasteiger partial charge in [0.2, 0.25) is 15.9 Å². The Labute approximate surface area is 156 Å². The Balaban J connectivity index is 1.59. The number of nitrogens with one attached hydrogen (secondary N) is 1. The molecule has 0 atom stereocenters. The average Bonchev–Trinajstić information content (AvgIpc) is 2.65. The fraction of sp³-hybridized carbons (Fsp3) is 0.632. The average molecular weight is 380 g/mol. The van der Waals surface area contributed by atoms with Crippen molar-refractivity contribution in [3.8, 4) is 0 Å².